The maximum Gasteiger partial charge on any atom is 0.343 e. The first-order chi connectivity index (χ1) is 16.0. The standard InChI is InChI=1S/C26H24O7/c1-29-20-10-5-17(6-11-20)7-14-22(27)18-8-12-21(13-9-18)33-26(28)19-15-23(30-2)25(32-4)24(16-19)31-3/h5-16H,1-4H3/b14-7+. The number of esters is 1. The quantitative estimate of drug-likeness (QED) is 0.201. The fourth-order valence-electron chi connectivity index (χ4n) is 3.04. The molecule has 0 radical (unpaired) electrons. The molecule has 0 amide bonds. The molecule has 0 fully saturated rings. The highest BCUT2D eigenvalue weighted by molar-refractivity contribution is 6.06. The fraction of sp³-hybridized carbons (Fsp3) is 0.154. The normalized spacial score (nSPS) is 10.5. The zero-order valence-electron chi connectivity index (χ0n) is 18.8. The lowest BCUT2D eigenvalue weighted by atomic mass is 10.1. The molecule has 7 nitrogen and oxygen atoms in total. The molecule has 170 valence electrons. The summed E-state index contributed by atoms with van der Waals surface area (Å²) in [5.74, 6) is 1.32. The molecule has 0 spiro atoms. The van der Waals surface area contributed by atoms with Gasteiger partial charge in [0.05, 0.1) is 34.0 Å². The molecule has 0 atom stereocenters. The van der Waals surface area contributed by atoms with Crippen LogP contribution in [0.3, 0.4) is 0 Å². The van der Waals surface area contributed by atoms with Crippen LogP contribution < -0.4 is 23.7 Å². The van der Waals surface area contributed by atoms with Crippen molar-refractivity contribution in [3.63, 3.8) is 0 Å². The Balaban J connectivity index is 1.69. The number of ether oxygens (including phenoxy) is 5. The minimum Gasteiger partial charge on any atom is -0.497 e. The molecule has 3 rings (SSSR count). The van der Waals surface area contributed by atoms with Gasteiger partial charge in [0.2, 0.25) is 5.75 Å². The van der Waals surface area contributed by atoms with E-state index in [0.717, 1.165) is 11.3 Å². The summed E-state index contributed by atoms with van der Waals surface area (Å²) in [6.07, 6.45) is 3.21. The van der Waals surface area contributed by atoms with Crippen LogP contribution in [0.25, 0.3) is 6.08 Å². The van der Waals surface area contributed by atoms with E-state index in [4.69, 9.17) is 23.7 Å². The first-order valence-electron chi connectivity index (χ1n) is 9.97. The van der Waals surface area contributed by atoms with Crippen LogP contribution >= 0.6 is 0 Å². The predicted octanol–water partition coefficient (Wildman–Crippen LogP) is 4.84. The van der Waals surface area contributed by atoms with Gasteiger partial charge in [-0.3, -0.25) is 4.79 Å². The van der Waals surface area contributed by atoms with E-state index >= 15 is 0 Å². The first kappa shape index (κ1) is 23.4. The maximum absolute atomic E-state index is 12.6. The number of carbonyl (C=O) groups is 2. The van der Waals surface area contributed by atoms with Gasteiger partial charge in [-0.2, -0.15) is 0 Å². The van der Waals surface area contributed by atoms with E-state index in [1.165, 1.54) is 39.5 Å². The van der Waals surface area contributed by atoms with Gasteiger partial charge in [-0.1, -0.05) is 18.2 Å². The van der Waals surface area contributed by atoms with Crippen LogP contribution in [0.15, 0.2) is 66.7 Å². The highest BCUT2D eigenvalue weighted by Crippen LogP contribution is 2.38. The van der Waals surface area contributed by atoms with Crippen LogP contribution in [0.2, 0.25) is 0 Å². The lowest BCUT2D eigenvalue weighted by Gasteiger charge is -2.13. The molecule has 0 aromatic heterocycles. The Morgan fingerprint density at radius 1 is 0.667 bits per heavy atom. The second-order valence-corrected chi connectivity index (χ2v) is 6.80. The van der Waals surface area contributed by atoms with Gasteiger partial charge in [-0.05, 0) is 60.2 Å². The minimum atomic E-state index is -0.604. The third kappa shape index (κ3) is 5.71. The second-order valence-electron chi connectivity index (χ2n) is 6.80. The van der Waals surface area contributed by atoms with Crippen LogP contribution in [0.5, 0.6) is 28.7 Å². The van der Waals surface area contributed by atoms with Gasteiger partial charge >= 0.3 is 5.97 Å². The number of hydrogen-bond acceptors (Lipinski definition) is 7. The number of methoxy groups -OCH3 is 4. The van der Waals surface area contributed by atoms with Crippen molar-refractivity contribution in [2.45, 2.75) is 0 Å². The van der Waals surface area contributed by atoms with Crippen molar-refractivity contribution < 1.29 is 33.3 Å². The number of carbonyl (C=O) groups excluding carboxylic acids is 2. The van der Waals surface area contributed by atoms with E-state index in [1.807, 2.05) is 24.3 Å². The van der Waals surface area contributed by atoms with Gasteiger partial charge in [0.15, 0.2) is 17.3 Å². The van der Waals surface area contributed by atoms with Crippen LogP contribution in [0.1, 0.15) is 26.3 Å². The van der Waals surface area contributed by atoms with Gasteiger partial charge in [-0.25, -0.2) is 4.79 Å². The zero-order valence-corrected chi connectivity index (χ0v) is 18.8. The lowest BCUT2D eigenvalue weighted by Crippen LogP contribution is -2.10. The second kappa shape index (κ2) is 10.9. The molecule has 0 saturated heterocycles. The summed E-state index contributed by atoms with van der Waals surface area (Å²) in [5.41, 5.74) is 1.57. The van der Waals surface area contributed by atoms with Crippen LogP contribution in [0, 0.1) is 0 Å². The van der Waals surface area contributed by atoms with E-state index in [-0.39, 0.29) is 11.3 Å². The molecule has 0 N–H and O–H groups in total. The first-order valence-corrected chi connectivity index (χ1v) is 9.97. The molecule has 0 unspecified atom stereocenters. The van der Waals surface area contributed by atoms with Gasteiger partial charge in [0.25, 0.3) is 0 Å². The van der Waals surface area contributed by atoms with Crippen molar-refractivity contribution in [3.05, 3.63) is 83.4 Å². The smallest absolute Gasteiger partial charge is 0.343 e. The van der Waals surface area contributed by atoms with Gasteiger partial charge in [0, 0.05) is 5.56 Å². The van der Waals surface area contributed by atoms with E-state index in [2.05, 4.69) is 0 Å². The molecule has 3 aromatic carbocycles. The van der Waals surface area contributed by atoms with E-state index in [1.54, 1.807) is 37.5 Å². The summed E-state index contributed by atoms with van der Waals surface area (Å²) in [6, 6.07) is 16.7. The lowest BCUT2D eigenvalue weighted by molar-refractivity contribution is 0.0733. The zero-order chi connectivity index (χ0) is 23.8. The Bertz CT molecular complexity index is 1120. The number of hydrogen-bond donors (Lipinski definition) is 0. The molecule has 3 aromatic rings. The third-order valence-corrected chi connectivity index (χ3v) is 4.79. The molecule has 0 aliphatic rings. The van der Waals surface area contributed by atoms with Gasteiger partial charge in [0.1, 0.15) is 11.5 Å². The number of benzene rings is 3. The summed E-state index contributed by atoms with van der Waals surface area (Å²) >= 11 is 0. The Hall–Kier alpha value is -4.26. The Kier molecular flexibility index (Phi) is 7.70. The molecule has 7 heteroatoms. The third-order valence-electron chi connectivity index (χ3n) is 4.79. The topological polar surface area (TPSA) is 80.3 Å². The van der Waals surface area contributed by atoms with Crippen molar-refractivity contribution in [3.8, 4) is 28.7 Å². The fourth-order valence-corrected chi connectivity index (χ4v) is 3.04. The summed E-state index contributed by atoms with van der Waals surface area (Å²) in [6.45, 7) is 0. The summed E-state index contributed by atoms with van der Waals surface area (Å²) in [5, 5.41) is 0. The van der Waals surface area contributed by atoms with Crippen LogP contribution in [-0.2, 0) is 0 Å². The molecule has 0 heterocycles. The SMILES string of the molecule is COc1ccc(/C=C/C(=O)c2ccc(OC(=O)c3cc(OC)c(OC)c(OC)c3)cc2)cc1. The highest BCUT2D eigenvalue weighted by atomic mass is 16.5. The Morgan fingerprint density at radius 2 is 1.24 bits per heavy atom. The summed E-state index contributed by atoms with van der Waals surface area (Å²) < 4.78 is 26.3. The molecule has 33 heavy (non-hydrogen) atoms. The Morgan fingerprint density at radius 3 is 1.76 bits per heavy atom. The van der Waals surface area contributed by atoms with Crippen LogP contribution in [-0.4, -0.2) is 40.2 Å². The predicted molar refractivity (Wildman–Crippen MR) is 124 cm³/mol. The van der Waals surface area contributed by atoms with Crippen molar-refractivity contribution >= 4 is 17.8 Å². The average molecular weight is 448 g/mol. The molecule has 0 aliphatic heterocycles. The number of ketones is 1. The minimum absolute atomic E-state index is 0.173. The van der Waals surface area contributed by atoms with Gasteiger partial charge in [-0.15, -0.1) is 0 Å². The van der Waals surface area contributed by atoms with Crippen molar-refractivity contribution in [2.75, 3.05) is 28.4 Å². The average Bonchev–Trinajstić information content (AvgIpc) is 2.86. The van der Waals surface area contributed by atoms with Gasteiger partial charge < -0.3 is 23.7 Å². The molecular weight excluding hydrogens is 424 g/mol. The van der Waals surface area contributed by atoms with E-state index < -0.39 is 5.97 Å². The Labute approximate surface area is 192 Å². The molecule has 0 saturated carbocycles. The van der Waals surface area contributed by atoms with E-state index in [0.29, 0.717) is 28.6 Å². The largest absolute Gasteiger partial charge is 0.497 e. The molecular formula is C26H24O7. The van der Waals surface area contributed by atoms with Crippen LogP contribution in [0.4, 0.5) is 0 Å². The summed E-state index contributed by atoms with van der Waals surface area (Å²) in [7, 11) is 6.00. The molecule has 0 aliphatic carbocycles. The van der Waals surface area contributed by atoms with Crippen molar-refractivity contribution in [1.29, 1.82) is 0 Å². The molecule has 0 bridgehead atoms. The van der Waals surface area contributed by atoms with Crippen molar-refractivity contribution in [1.82, 2.24) is 0 Å². The highest BCUT2D eigenvalue weighted by Gasteiger charge is 2.18. The monoisotopic (exact) mass is 448 g/mol. The van der Waals surface area contributed by atoms with Crippen molar-refractivity contribution in [2.24, 2.45) is 0 Å². The van der Waals surface area contributed by atoms with E-state index in [9.17, 15) is 9.59 Å². The maximum atomic E-state index is 12.6. The number of rotatable bonds is 9. The summed E-state index contributed by atoms with van der Waals surface area (Å²) in [4.78, 5) is 25.1. The number of allylic oxidation sites excluding steroid dienone is 1.